The van der Waals surface area contributed by atoms with E-state index in [2.05, 4.69) is 10.6 Å². The molecule has 2 amide bonds. The molecule has 4 nitrogen and oxygen atoms in total. The summed E-state index contributed by atoms with van der Waals surface area (Å²) in [5.74, 6) is -1.33. The van der Waals surface area contributed by atoms with Crippen molar-refractivity contribution in [3.8, 4) is 0 Å². The summed E-state index contributed by atoms with van der Waals surface area (Å²) >= 11 is 0. The van der Waals surface area contributed by atoms with Crippen LogP contribution < -0.4 is 10.6 Å². The van der Waals surface area contributed by atoms with Crippen molar-refractivity contribution in [1.29, 1.82) is 0 Å². The highest BCUT2D eigenvalue weighted by Gasteiger charge is 2.42. The van der Waals surface area contributed by atoms with Gasteiger partial charge in [0.15, 0.2) is 0 Å². The topological polar surface area (TPSA) is 58.2 Å². The van der Waals surface area contributed by atoms with Crippen molar-refractivity contribution < 1.29 is 31.5 Å². The molecule has 0 bridgehead atoms. The molecule has 1 saturated carbocycles. The van der Waals surface area contributed by atoms with Crippen LogP contribution in [-0.2, 0) is 22.4 Å². The summed E-state index contributed by atoms with van der Waals surface area (Å²) in [6.07, 6.45) is -0.169. The van der Waals surface area contributed by atoms with Crippen LogP contribution in [0.5, 0.6) is 0 Å². The maximum atomic E-state index is 13.2. The summed E-state index contributed by atoms with van der Waals surface area (Å²) in [6.45, 7) is 0.888. The average molecular weight is 480 g/mol. The van der Waals surface area contributed by atoms with Crippen molar-refractivity contribution in [3.63, 3.8) is 0 Å². The van der Waals surface area contributed by atoms with Gasteiger partial charge in [-0.15, -0.1) is 0 Å². The first kappa shape index (κ1) is 25.4. The number of halogens is 5. The van der Waals surface area contributed by atoms with Crippen molar-refractivity contribution in [3.05, 3.63) is 71.0 Å². The fraction of sp³-hybridized carbons (Fsp3) is 0.360. The monoisotopic (exact) mass is 480 g/mol. The van der Waals surface area contributed by atoms with E-state index in [1.165, 1.54) is 36.4 Å². The Bertz CT molecular complexity index is 1060. The van der Waals surface area contributed by atoms with Gasteiger partial charge in [0, 0.05) is 11.8 Å². The first-order valence-corrected chi connectivity index (χ1v) is 10.9. The van der Waals surface area contributed by atoms with E-state index in [9.17, 15) is 31.5 Å². The molecule has 1 fully saturated rings. The molecule has 0 atom stereocenters. The van der Waals surface area contributed by atoms with Gasteiger partial charge in [0.2, 0.25) is 11.8 Å². The van der Waals surface area contributed by atoms with E-state index in [0.717, 1.165) is 12.1 Å². The number of nitrogens with one attached hydrogen (secondary N) is 2. The van der Waals surface area contributed by atoms with Crippen LogP contribution in [0.1, 0.15) is 49.3 Å². The number of hydrogen-bond acceptors (Lipinski definition) is 2. The number of rotatable bonds is 6. The third kappa shape index (κ3) is 6.42. The minimum absolute atomic E-state index is 0.193. The molecule has 2 N–H and O–H groups in total. The molecule has 0 aromatic heterocycles. The van der Waals surface area contributed by atoms with E-state index in [1.807, 2.05) is 6.92 Å². The highest BCUT2D eigenvalue weighted by Crippen LogP contribution is 2.35. The third-order valence-corrected chi connectivity index (χ3v) is 5.95. The molecule has 2 aromatic carbocycles. The van der Waals surface area contributed by atoms with Crippen LogP contribution in [0.2, 0.25) is 0 Å². The second-order valence-corrected chi connectivity index (χ2v) is 8.64. The first-order chi connectivity index (χ1) is 16.0. The molecule has 1 aliphatic carbocycles. The van der Waals surface area contributed by atoms with Crippen LogP contribution in [0.4, 0.5) is 27.6 Å². The van der Waals surface area contributed by atoms with Gasteiger partial charge in [0.25, 0.3) is 0 Å². The van der Waals surface area contributed by atoms with E-state index < -0.39 is 41.6 Å². The molecule has 2 aromatic rings. The van der Waals surface area contributed by atoms with Crippen LogP contribution in [0.25, 0.3) is 6.08 Å². The molecule has 0 heterocycles. The molecule has 1 aliphatic rings. The van der Waals surface area contributed by atoms with Gasteiger partial charge in [-0.1, -0.05) is 19.1 Å². The van der Waals surface area contributed by atoms with E-state index in [1.54, 1.807) is 0 Å². The SMILES string of the molecule is CC1CCC(NC(=O)/C=C/c2ccc(F)cc2)(C(=O)Nc2cc(CF)cc(C(F)(F)F)c2)CC1. The Morgan fingerprint density at radius 2 is 1.74 bits per heavy atom. The molecule has 34 heavy (non-hydrogen) atoms. The summed E-state index contributed by atoms with van der Waals surface area (Å²) in [5.41, 5.74) is -2.24. The fourth-order valence-corrected chi connectivity index (χ4v) is 3.94. The molecule has 0 aliphatic heterocycles. The minimum atomic E-state index is -4.71. The smallest absolute Gasteiger partial charge is 0.338 e. The van der Waals surface area contributed by atoms with Crippen LogP contribution in [0.15, 0.2) is 48.5 Å². The highest BCUT2D eigenvalue weighted by molar-refractivity contribution is 6.03. The lowest BCUT2D eigenvalue weighted by molar-refractivity contribution is -0.137. The zero-order valence-corrected chi connectivity index (χ0v) is 18.5. The first-order valence-electron chi connectivity index (χ1n) is 10.9. The molecule has 9 heteroatoms. The third-order valence-electron chi connectivity index (χ3n) is 5.95. The molecule has 0 radical (unpaired) electrons. The predicted octanol–water partition coefficient (Wildman–Crippen LogP) is 6.03. The van der Waals surface area contributed by atoms with Gasteiger partial charge in [0.1, 0.15) is 18.0 Å². The molecular formula is C25H25F5N2O2. The number of carbonyl (C=O) groups excluding carboxylic acids is 2. The number of carbonyl (C=O) groups is 2. The summed E-state index contributed by atoms with van der Waals surface area (Å²) < 4.78 is 65.8. The molecular weight excluding hydrogens is 455 g/mol. The molecule has 0 unspecified atom stereocenters. The van der Waals surface area contributed by atoms with Crippen LogP contribution in [0.3, 0.4) is 0 Å². The van der Waals surface area contributed by atoms with Crippen LogP contribution in [-0.4, -0.2) is 17.4 Å². The van der Waals surface area contributed by atoms with Crippen molar-refractivity contribution in [2.75, 3.05) is 5.32 Å². The van der Waals surface area contributed by atoms with Gasteiger partial charge in [-0.3, -0.25) is 9.59 Å². The van der Waals surface area contributed by atoms with Gasteiger partial charge in [-0.05, 0) is 79.1 Å². The molecule has 3 rings (SSSR count). The van der Waals surface area contributed by atoms with Crippen molar-refractivity contribution in [2.45, 2.75) is 51.0 Å². The lowest BCUT2D eigenvalue weighted by atomic mass is 9.76. The number of alkyl halides is 4. The largest absolute Gasteiger partial charge is 0.416 e. The second-order valence-electron chi connectivity index (χ2n) is 8.64. The zero-order valence-electron chi connectivity index (χ0n) is 18.5. The summed E-state index contributed by atoms with van der Waals surface area (Å²) in [7, 11) is 0. The maximum absolute atomic E-state index is 13.2. The highest BCUT2D eigenvalue weighted by atomic mass is 19.4. The minimum Gasteiger partial charge on any atom is -0.338 e. The maximum Gasteiger partial charge on any atom is 0.416 e. The Morgan fingerprint density at radius 1 is 1.09 bits per heavy atom. The predicted molar refractivity (Wildman–Crippen MR) is 119 cm³/mol. The second kappa shape index (κ2) is 10.4. The quantitative estimate of drug-likeness (QED) is 0.392. The average Bonchev–Trinajstić information content (AvgIpc) is 2.79. The van der Waals surface area contributed by atoms with Crippen molar-refractivity contribution in [2.24, 2.45) is 5.92 Å². The normalized spacial score (nSPS) is 20.8. The Labute approximate surface area is 194 Å². The standard InChI is InChI=1S/C25H25F5N2O2/c1-16-8-10-24(11-9-16,32-22(33)7-4-17-2-5-20(27)6-3-17)23(34)31-21-13-18(15-26)12-19(14-21)25(28,29)30/h2-7,12-14,16H,8-11,15H2,1H3,(H,31,34)(H,32,33)/b7-4+. The number of benzene rings is 2. The lowest BCUT2D eigenvalue weighted by Gasteiger charge is -2.38. The Hall–Kier alpha value is -3.23. The summed E-state index contributed by atoms with van der Waals surface area (Å²) in [6, 6.07) is 8.04. The van der Waals surface area contributed by atoms with Crippen LogP contribution in [0, 0.1) is 11.7 Å². The van der Waals surface area contributed by atoms with E-state index in [0.29, 0.717) is 43.2 Å². The number of hydrogen-bond donors (Lipinski definition) is 2. The van der Waals surface area contributed by atoms with E-state index >= 15 is 0 Å². The van der Waals surface area contributed by atoms with Gasteiger partial charge in [0.05, 0.1) is 5.56 Å². The van der Waals surface area contributed by atoms with Crippen molar-refractivity contribution >= 4 is 23.6 Å². The van der Waals surface area contributed by atoms with Gasteiger partial charge in [-0.25, -0.2) is 8.78 Å². The molecule has 182 valence electrons. The molecule has 0 spiro atoms. The Morgan fingerprint density at radius 3 is 2.32 bits per heavy atom. The number of anilines is 1. The lowest BCUT2D eigenvalue weighted by Crippen LogP contribution is -2.58. The Balaban J connectivity index is 1.82. The van der Waals surface area contributed by atoms with Crippen LogP contribution >= 0.6 is 0 Å². The summed E-state index contributed by atoms with van der Waals surface area (Å²) in [4.78, 5) is 25.9. The van der Waals surface area contributed by atoms with Crippen molar-refractivity contribution in [1.82, 2.24) is 5.32 Å². The summed E-state index contributed by atoms with van der Waals surface area (Å²) in [5, 5.41) is 5.17. The van der Waals surface area contributed by atoms with E-state index in [4.69, 9.17) is 0 Å². The van der Waals surface area contributed by atoms with Gasteiger partial charge in [-0.2, -0.15) is 13.2 Å². The Kier molecular flexibility index (Phi) is 7.74. The van der Waals surface area contributed by atoms with Gasteiger partial charge >= 0.3 is 6.18 Å². The van der Waals surface area contributed by atoms with E-state index in [-0.39, 0.29) is 11.3 Å². The number of amides is 2. The zero-order chi connectivity index (χ0) is 24.9. The fourth-order valence-electron chi connectivity index (χ4n) is 3.94. The van der Waals surface area contributed by atoms with Gasteiger partial charge < -0.3 is 10.6 Å². The molecule has 0 saturated heterocycles.